The van der Waals surface area contributed by atoms with Gasteiger partial charge in [0.05, 0.1) is 18.2 Å². The Bertz CT molecular complexity index is 815. The van der Waals surface area contributed by atoms with Gasteiger partial charge in [0.15, 0.2) is 11.6 Å². The van der Waals surface area contributed by atoms with Crippen LogP contribution in [0.1, 0.15) is 23.3 Å². The lowest BCUT2D eigenvalue weighted by molar-refractivity contribution is 0.0524. The summed E-state index contributed by atoms with van der Waals surface area (Å²) in [6.45, 7) is 1.77. The number of benzene rings is 1. The average molecular weight is 325 g/mol. The molecule has 0 unspecified atom stereocenters. The summed E-state index contributed by atoms with van der Waals surface area (Å²) >= 11 is 1.70. The minimum atomic E-state index is -1.11. The van der Waals surface area contributed by atoms with E-state index in [-0.39, 0.29) is 23.6 Å². The van der Waals surface area contributed by atoms with Gasteiger partial charge in [0.25, 0.3) is 0 Å². The lowest BCUT2D eigenvalue weighted by Gasteiger charge is -2.29. The molecule has 7 heteroatoms. The van der Waals surface area contributed by atoms with Gasteiger partial charge >= 0.3 is 5.97 Å². The van der Waals surface area contributed by atoms with Gasteiger partial charge in [-0.25, -0.2) is 13.6 Å². The second-order valence-corrected chi connectivity index (χ2v) is 6.05. The summed E-state index contributed by atoms with van der Waals surface area (Å²) in [6, 6.07) is 1.90. The highest BCUT2D eigenvalue weighted by atomic mass is 32.2. The van der Waals surface area contributed by atoms with Crippen LogP contribution in [0.25, 0.3) is 10.9 Å². The van der Waals surface area contributed by atoms with Crippen LogP contribution in [0.4, 0.5) is 8.78 Å². The maximum absolute atomic E-state index is 13.5. The molecule has 2 heterocycles. The molecule has 0 aliphatic carbocycles. The molecule has 1 fully saturated rings. The van der Waals surface area contributed by atoms with Gasteiger partial charge in [0.1, 0.15) is 5.56 Å². The summed E-state index contributed by atoms with van der Waals surface area (Å²) in [6.07, 6.45) is 1.39. The first-order valence-electron chi connectivity index (χ1n) is 6.81. The van der Waals surface area contributed by atoms with Crippen LogP contribution in [-0.4, -0.2) is 28.6 Å². The molecule has 0 radical (unpaired) electrons. The number of thioether (sulfide) groups is 1. The van der Waals surface area contributed by atoms with Crippen LogP contribution in [-0.2, 0) is 4.74 Å². The molecule has 1 aromatic heterocycles. The summed E-state index contributed by atoms with van der Waals surface area (Å²) in [5.74, 6) is -1.30. The van der Waals surface area contributed by atoms with Crippen LogP contribution in [0.3, 0.4) is 0 Å². The molecule has 1 aromatic carbocycles. The first kappa shape index (κ1) is 15.0. The molecule has 0 amide bonds. The maximum Gasteiger partial charge on any atom is 0.343 e. The number of pyridine rings is 1. The fourth-order valence-electron chi connectivity index (χ4n) is 2.38. The molecular formula is C15H13F2NO3S. The lowest BCUT2D eigenvalue weighted by atomic mass is 10.1. The van der Waals surface area contributed by atoms with Crippen LogP contribution < -0.4 is 5.43 Å². The maximum atomic E-state index is 13.5. The molecule has 116 valence electrons. The van der Waals surface area contributed by atoms with E-state index in [2.05, 4.69) is 0 Å². The minimum absolute atomic E-state index is 0.0126. The normalized spacial score (nSPS) is 14.9. The molecule has 0 saturated carbocycles. The van der Waals surface area contributed by atoms with Crippen molar-refractivity contribution < 1.29 is 18.3 Å². The summed E-state index contributed by atoms with van der Waals surface area (Å²) in [5.41, 5.74) is -0.505. The van der Waals surface area contributed by atoms with E-state index in [0.29, 0.717) is 5.52 Å². The van der Waals surface area contributed by atoms with Gasteiger partial charge in [0, 0.05) is 29.2 Å². The predicted octanol–water partition coefficient (Wildman–Crippen LogP) is 2.74. The Balaban J connectivity index is 2.30. The Hall–Kier alpha value is -1.89. The number of rotatable bonds is 3. The van der Waals surface area contributed by atoms with E-state index in [1.54, 1.807) is 23.3 Å². The molecule has 1 aliphatic heterocycles. The van der Waals surface area contributed by atoms with Gasteiger partial charge in [-0.15, -0.1) is 0 Å². The van der Waals surface area contributed by atoms with Crippen molar-refractivity contribution in [3.05, 3.63) is 45.8 Å². The van der Waals surface area contributed by atoms with E-state index >= 15 is 0 Å². The lowest BCUT2D eigenvalue weighted by Crippen LogP contribution is -2.28. The molecule has 22 heavy (non-hydrogen) atoms. The molecule has 0 atom stereocenters. The largest absolute Gasteiger partial charge is 0.462 e. The van der Waals surface area contributed by atoms with Crippen molar-refractivity contribution in [3.63, 3.8) is 0 Å². The first-order valence-corrected chi connectivity index (χ1v) is 7.97. The summed E-state index contributed by atoms with van der Waals surface area (Å²) in [5, 5.41) is -0.0126. The Morgan fingerprint density at radius 2 is 2.05 bits per heavy atom. The number of fused-ring (bicyclic) bond motifs is 1. The van der Waals surface area contributed by atoms with Gasteiger partial charge in [-0.2, -0.15) is 11.8 Å². The van der Waals surface area contributed by atoms with E-state index in [4.69, 9.17) is 4.74 Å². The highest BCUT2D eigenvalue weighted by molar-refractivity contribution is 8.00. The van der Waals surface area contributed by atoms with Crippen molar-refractivity contribution in [2.75, 3.05) is 18.1 Å². The SMILES string of the molecule is CCOC(=O)c1cn(C2CSC2)c2cc(F)c(F)cc2c1=O. The average Bonchev–Trinajstić information content (AvgIpc) is 2.42. The van der Waals surface area contributed by atoms with E-state index in [0.717, 1.165) is 23.6 Å². The highest BCUT2D eigenvalue weighted by Gasteiger charge is 2.25. The van der Waals surface area contributed by atoms with Crippen LogP contribution in [0.2, 0.25) is 0 Å². The third-order valence-corrected chi connectivity index (χ3v) is 4.82. The number of esters is 1. The highest BCUT2D eigenvalue weighted by Crippen LogP contribution is 2.32. The number of halogens is 2. The van der Waals surface area contributed by atoms with Crippen LogP contribution >= 0.6 is 11.8 Å². The van der Waals surface area contributed by atoms with Crippen molar-refractivity contribution in [1.82, 2.24) is 4.57 Å². The molecular weight excluding hydrogens is 312 g/mol. The summed E-state index contributed by atoms with van der Waals surface area (Å²) < 4.78 is 33.6. The predicted molar refractivity (Wildman–Crippen MR) is 80.4 cm³/mol. The number of carbonyl (C=O) groups is 1. The summed E-state index contributed by atoms with van der Waals surface area (Å²) in [4.78, 5) is 24.3. The second kappa shape index (κ2) is 5.72. The Morgan fingerprint density at radius 1 is 1.36 bits per heavy atom. The quantitative estimate of drug-likeness (QED) is 0.814. The molecule has 1 aliphatic rings. The van der Waals surface area contributed by atoms with Crippen molar-refractivity contribution >= 4 is 28.6 Å². The third-order valence-electron chi connectivity index (χ3n) is 3.58. The fraction of sp³-hybridized carbons (Fsp3) is 0.333. The zero-order valence-electron chi connectivity index (χ0n) is 11.8. The van der Waals surface area contributed by atoms with Gasteiger partial charge < -0.3 is 9.30 Å². The van der Waals surface area contributed by atoms with Gasteiger partial charge in [-0.1, -0.05) is 0 Å². The molecule has 1 saturated heterocycles. The van der Waals surface area contributed by atoms with Crippen molar-refractivity contribution in [3.8, 4) is 0 Å². The monoisotopic (exact) mass is 325 g/mol. The fourth-order valence-corrected chi connectivity index (χ4v) is 3.15. The van der Waals surface area contributed by atoms with Gasteiger partial charge in [-0.05, 0) is 13.0 Å². The zero-order chi connectivity index (χ0) is 15.9. The minimum Gasteiger partial charge on any atom is -0.462 e. The topological polar surface area (TPSA) is 48.3 Å². The van der Waals surface area contributed by atoms with Crippen LogP contribution in [0.5, 0.6) is 0 Å². The van der Waals surface area contributed by atoms with Crippen molar-refractivity contribution in [2.45, 2.75) is 13.0 Å². The molecule has 2 aromatic rings. The smallest absolute Gasteiger partial charge is 0.343 e. The number of nitrogens with zero attached hydrogens (tertiary/aromatic N) is 1. The van der Waals surface area contributed by atoms with E-state index in [9.17, 15) is 18.4 Å². The zero-order valence-corrected chi connectivity index (χ0v) is 12.6. The number of ether oxygens (including phenoxy) is 1. The Kier molecular flexibility index (Phi) is 3.90. The van der Waals surface area contributed by atoms with Crippen molar-refractivity contribution in [2.24, 2.45) is 0 Å². The Labute approximate surface area is 129 Å². The van der Waals surface area contributed by atoms with E-state index < -0.39 is 23.0 Å². The molecule has 4 nitrogen and oxygen atoms in total. The molecule has 0 spiro atoms. The first-order chi connectivity index (χ1) is 10.5. The van der Waals surface area contributed by atoms with Crippen molar-refractivity contribution in [1.29, 1.82) is 0 Å². The third kappa shape index (κ3) is 2.39. The molecule has 0 N–H and O–H groups in total. The molecule has 0 bridgehead atoms. The van der Waals surface area contributed by atoms with E-state index in [1.807, 2.05) is 0 Å². The Morgan fingerprint density at radius 3 is 2.64 bits per heavy atom. The van der Waals surface area contributed by atoms with Gasteiger partial charge in [-0.3, -0.25) is 4.79 Å². The second-order valence-electron chi connectivity index (χ2n) is 4.97. The molecule has 3 rings (SSSR count). The number of hydrogen-bond donors (Lipinski definition) is 0. The van der Waals surface area contributed by atoms with Gasteiger partial charge in [0.2, 0.25) is 5.43 Å². The standard InChI is InChI=1S/C15H13F2NO3S/c1-2-21-15(20)10-5-18(8-6-22-7-8)13-4-12(17)11(16)3-9(13)14(10)19/h3-5,8H,2,6-7H2,1H3. The number of hydrogen-bond acceptors (Lipinski definition) is 4. The number of aromatic nitrogens is 1. The van der Waals surface area contributed by atoms with Crippen LogP contribution in [0.15, 0.2) is 23.1 Å². The summed E-state index contributed by atoms with van der Waals surface area (Å²) in [7, 11) is 0. The number of carbonyl (C=O) groups excluding carboxylic acids is 1. The van der Waals surface area contributed by atoms with Crippen LogP contribution in [0, 0.1) is 11.6 Å². The van der Waals surface area contributed by atoms with E-state index in [1.165, 1.54) is 6.20 Å².